The number of esters is 1. The van der Waals surface area contributed by atoms with Gasteiger partial charge in [-0.3, -0.25) is 0 Å². The summed E-state index contributed by atoms with van der Waals surface area (Å²) in [6, 6.07) is 3.66. The molecule has 0 aromatic heterocycles. The van der Waals surface area contributed by atoms with Crippen molar-refractivity contribution < 1.29 is 23.7 Å². The van der Waals surface area contributed by atoms with E-state index in [4.69, 9.17) is 18.9 Å². The molecule has 0 bridgehead atoms. The van der Waals surface area contributed by atoms with Crippen molar-refractivity contribution in [1.82, 2.24) is 0 Å². The minimum absolute atomic E-state index is 0.305. The standard InChI is InChI=1S/C15H16O5/c1-17-12-6-10(7-13(18-2)15(12)19-3)4-5-11-8-14(16)20-9-11/h4-8H,9H2,1-3H3. The number of benzene rings is 1. The highest BCUT2D eigenvalue weighted by atomic mass is 16.5. The van der Waals surface area contributed by atoms with Crippen LogP contribution in [0.4, 0.5) is 0 Å². The lowest BCUT2D eigenvalue weighted by molar-refractivity contribution is -0.134. The highest BCUT2D eigenvalue weighted by Gasteiger charge is 2.13. The van der Waals surface area contributed by atoms with Crippen LogP contribution in [0.1, 0.15) is 5.56 Å². The van der Waals surface area contributed by atoms with Crippen LogP contribution >= 0.6 is 0 Å². The lowest BCUT2D eigenvalue weighted by Gasteiger charge is -2.12. The Kier molecular flexibility index (Phi) is 4.30. The highest BCUT2D eigenvalue weighted by Crippen LogP contribution is 2.38. The maximum absolute atomic E-state index is 11.0. The molecule has 1 aliphatic heterocycles. The molecule has 0 atom stereocenters. The second-order valence-corrected chi connectivity index (χ2v) is 4.12. The summed E-state index contributed by atoms with van der Waals surface area (Å²) in [5.41, 5.74) is 1.70. The van der Waals surface area contributed by atoms with Crippen molar-refractivity contribution >= 4 is 12.0 Å². The van der Waals surface area contributed by atoms with Crippen molar-refractivity contribution in [2.75, 3.05) is 27.9 Å². The highest BCUT2D eigenvalue weighted by molar-refractivity contribution is 5.86. The predicted molar refractivity (Wildman–Crippen MR) is 74.2 cm³/mol. The summed E-state index contributed by atoms with van der Waals surface area (Å²) in [5.74, 6) is 1.40. The molecule has 0 amide bonds. The number of carbonyl (C=O) groups is 1. The minimum atomic E-state index is -0.311. The molecule has 5 nitrogen and oxygen atoms in total. The molecule has 0 aliphatic carbocycles. The van der Waals surface area contributed by atoms with E-state index >= 15 is 0 Å². The van der Waals surface area contributed by atoms with Gasteiger partial charge in [0.05, 0.1) is 21.3 Å². The third kappa shape index (κ3) is 2.93. The smallest absolute Gasteiger partial charge is 0.331 e. The molecule has 5 heteroatoms. The van der Waals surface area contributed by atoms with Gasteiger partial charge in [0.25, 0.3) is 0 Å². The van der Waals surface area contributed by atoms with Gasteiger partial charge in [0.15, 0.2) is 11.5 Å². The van der Waals surface area contributed by atoms with E-state index in [0.717, 1.165) is 11.1 Å². The maximum Gasteiger partial charge on any atom is 0.331 e. The van der Waals surface area contributed by atoms with E-state index < -0.39 is 0 Å². The zero-order chi connectivity index (χ0) is 14.5. The topological polar surface area (TPSA) is 54.0 Å². The third-order valence-electron chi connectivity index (χ3n) is 2.86. The summed E-state index contributed by atoms with van der Waals surface area (Å²) in [7, 11) is 4.69. The van der Waals surface area contributed by atoms with Gasteiger partial charge in [-0.2, -0.15) is 0 Å². The van der Waals surface area contributed by atoms with E-state index in [2.05, 4.69) is 0 Å². The van der Waals surface area contributed by atoms with Crippen LogP contribution in [-0.4, -0.2) is 33.9 Å². The van der Waals surface area contributed by atoms with Crippen molar-refractivity contribution in [3.8, 4) is 17.2 Å². The van der Waals surface area contributed by atoms with Gasteiger partial charge in [-0.1, -0.05) is 12.2 Å². The van der Waals surface area contributed by atoms with Crippen LogP contribution in [0.2, 0.25) is 0 Å². The summed E-state index contributed by atoms with van der Waals surface area (Å²) in [4.78, 5) is 11.0. The van der Waals surface area contributed by atoms with Crippen molar-refractivity contribution in [2.24, 2.45) is 0 Å². The normalized spacial score (nSPS) is 14.2. The number of rotatable bonds is 5. The fraction of sp³-hybridized carbons (Fsp3) is 0.267. The molecule has 0 fully saturated rings. The SMILES string of the molecule is COc1cc(C=CC2=CC(=O)OC2)cc(OC)c1OC. The molecule has 1 heterocycles. The fourth-order valence-corrected chi connectivity index (χ4v) is 1.89. The Morgan fingerprint density at radius 2 is 1.70 bits per heavy atom. The Balaban J connectivity index is 2.30. The summed E-state index contributed by atoms with van der Waals surface area (Å²) in [5, 5.41) is 0. The molecule has 0 unspecified atom stereocenters. The fourth-order valence-electron chi connectivity index (χ4n) is 1.89. The molecule has 0 saturated heterocycles. The van der Waals surface area contributed by atoms with Crippen molar-refractivity contribution in [1.29, 1.82) is 0 Å². The van der Waals surface area contributed by atoms with E-state index in [-0.39, 0.29) is 5.97 Å². The van der Waals surface area contributed by atoms with Gasteiger partial charge in [0, 0.05) is 6.08 Å². The first-order chi connectivity index (χ1) is 9.67. The molecular weight excluding hydrogens is 260 g/mol. The summed E-state index contributed by atoms with van der Waals surface area (Å²) in [6.45, 7) is 0.305. The van der Waals surface area contributed by atoms with Crippen LogP contribution in [-0.2, 0) is 9.53 Å². The summed E-state index contributed by atoms with van der Waals surface area (Å²) < 4.78 is 20.6. The van der Waals surface area contributed by atoms with Crippen LogP contribution in [0, 0.1) is 0 Å². The number of hydrogen-bond donors (Lipinski definition) is 0. The van der Waals surface area contributed by atoms with Crippen LogP contribution in [0.15, 0.2) is 29.9 Å². The Bertz CT molecular complexity index is 547. The first kappa shape index (κ1) is 14.0. The Labute approximate surface area is 117 Å². The predicted octanol–water partition coefficient (Wildman–Crippen LogP) is 2.21. The van der Waals surface area contributed by atoms with Crippen LogP contribution in [0.3, 0.4) is 0 Å². The average molecular weight is 276 g/mol. The number of carbonyl (C=O) groups excluding carboxylic acids is 1. The molecule has 0 spiro atoms. The monoisotopic (exact) mass is 276 g/mol. The number of cyclic esters (lactones) is 1. The van der Waals surface area contributed by atoms with Gasteiger partial charge in [-0.05, 0) is 23.3 Å². The van der Waals surface area contributed by atoms with Gasteiger partial charge < -0.3 is 18.9 Å². The van der Waals surface area contributed by atoms with Gasteiger partial charge >= 0.3 is 5.97 Å². The molecular formula is C15H16O5. The van der Waals surface area contributed by atoms with E-state index in [9.17, 15) is 4.79 Å². The lowest BCUT2D eigenvalue weighted by Crippen LogP contribution is -1.95. The molecule has 106 valence electrons. The molecule has 20 heavy (non-hydrogen) atoms. The second-order valence-electron chi connectivity index (χ2n) is 4.12. The lowest BCUT2D eigenvalue weighted by atomic mass is 10.1. The maximum atomic E-state index is 11.0. The molecule has 2 rings (SSSR count). The Hall–Kier alpha value is -2.43. The third-order valence-corrected chi connectivity index (χ3v) is 2.86. The van der Waals surface area contributed by atoms with Gasteiger partial charge in [-0.25, -0.2) is 4.79 Å². The Morgan fingerprint density at radius 1 is 1.05 bits per heavy atom. The van der Waals surface area contributed by atoms with Crippen LogP contribution in [0.25, 0.3) is 6.08 Å². The average Bonchev–Trinajstić information content (AvgIpc) is 2.89. The summed E-state index contributed by atoms with van der Waals surface area (Å²) >= 11 is 0. The Morgan fingerprint density at radius 3 is 2.15 bits per heavy atom. The van der Waals surface area contributed by atoms with E-state index in [1.807, 2.05) is 24.3 Å². The molecule has 0 N–H and O–H groups in total. The van der Waals surface area contributed by atoms with Gasteiger partial charge in [-0.15, -0.1) is 0 Å². The zero-order valence-electron chi connectivity index (χ0n) is 11.6. The van der Waals surface area contributed by atoms with E-state index in [0.29, 0.717) is 23.9 Å². The number of ether oxygens (including phenoxy) is 4. The van der Waals surface area contributed by atoms with Crippen molar-refractivity contribution in [3.63, 3.8) is 0 Å². The van der Waals surface area contributed by atoms with Gasteiger partial charge in [0.1, 0.15) is 6.61 Å². The van der Waals surface area contributed by atoms with E-state index in [1.165, 1.54) is 6.08 Å². The largest absolute Gasteiger partial charge is 0.493 e. The first-order valence-corrected chi connectivity index (χ1v) is 6.03. The quantitative estimate of drug-likeness (QED) is 0.772. The molecule has 1 aliphatic rings. The van der Waals surface area contributed by atoms with Crippen LogP contribution < -0.4 is 14.2 Å². The number of methoxy groups -OCH3 is 3. The molecule has 0 radical (unpaired) electrons. The molecule has 1 aromatic carbocycles. The molecule has 0 saturated carbocycles. The van der Waals surface area contributed by atoms with Crippen molar-refractivity contribution in [2.45, 2.75) is 0 Å². The van der Waals surface area contributed by atoms with Gasteiger partial charge in [0.2, 0.25) is 5.75 Å². The van der Waals surface area contributed by atoms with E-state index in [1.54, 1.807) is 21.3 Å². The van der Waals surface area contributed by atoms with Crippen LogP contribution in [0.5, 0.6) is 17.2 Å². The second kappa shape index (κ2) is 6.14. The number of hydrogen-bond acceptors (Lipinski definition) is 5. The zero-order valence-corrected chi connectivity index (χ0v) is 11.6. The summed E-state index contributed by atoms with van der Waals surface area (Å²) in [6.07, 6.45) is 5.15. The molecule has 1 aromatic rings. The minimum Gasteiger partial charge on any atom is -0.493 e. The van der Waals surface area contributed by atoms with Crippen molar-refractivity contribution in [3.05, 3.63) is 35.4 Å². The first-order valence-electron chi connectivity index (χ1n) is 6.03.